The summed E-state index contributed by atoms with van der Waals surface area (Å²) in [6.45, 7) is 1.66. The third-order valence-corrected chi connectivity index (χ3v) is 5.83. The first-order valence-electron chi connectivity index (χ1n) is 11.5. The highest BCUT2D eigenvalue weighted by Gasteiger charge is 2.31. The molecule has 0 unspecified atom stereocenters. The smallest absolute Gasteiger partial charge is 0.417 e. The number of rotatable bonds is 5. The molecule has 3 heterocycles. The van der Waals surface area contributed by atoms with E-state index in [0.717, 1.165) is 6.07 Å². The Hall–Kier alpha value is -5.06. The fourth-order valence-corrected chi connectivity index (χ4v) is 3.90. The van der Waals surface area contributed by atoms with Gasteiger partial charge in [-0.15, -0.1) is 0 Å². The van der Waals surface area contributed by atoms with Crippen LogP contribution >= 0.6 is 0 Å². The number of nitrogens with zero attached hydrogens (tertiary/aromatic N) is 3. The molecule has 5 aromatic rings. The van der Waals surface area contributed by atoms with Crippen LogP contribution in [0.25, 0.3) is 22.2 Å². The number of aryl methyl sites for hydroxylation is 1. The van der Waals surface area contributed by atoms with Gasteiger partial charge < -0.3 is 15.2 Å². The van der Waals surface area contributed by atoms with Gasteiger partial charge in [-0.25, -0.2) is 4.39 Å². The predicted molar refractivity (Wildman–Crippen MR) is 135 cm³/mol. The van der Waals surface area contributed by atoms with E-state index in [9.17, 15) is 27.5 Å². The lowest BCUT2D eigenvalue weighted by Gasteiger charge is -2.13. The summed E-state index contributed by atoms with van der Waals surface area (Å²) in [6.07, 6.45) is -1.27. The van der Waals surface area contributed by atoms with Crippen molar-refractivity contribution < 1.29 is 32.2 Å². The standard InChI is InChI=1S/C28H18F4N4O3/c1-15-24(16-2-4-18(29)5-3-16)26(37)21(14-34-15)27(38)36-19-6-8-20(9-7-19)39-23-10-11-33-22-12-17(28(30,31)32)13-35-25(22)23/h2-14H,1H3,(H,34,37)(H,36,38). The van der Waals surface area contributed by atoms with E-state index in [1.165, 1.54) is 42.7 Å². The molecule has 1 amide bonds. The van der Waals surface area contributed by atoms with Crippen LogP contribution in [-0.4, -0.2) is 26.0 Å². The fraction of sp³-hybridized carbons (Fsp3) is 0.0714. The highest BCUT2D eigenvalue weighted by Crippen LogP contribution is 2.35. The highest BCUT2D eigenvalue weighted by atomic mass is 19.4. The number of aromatic hydroxyl groups is 1. The summed E-state index contributed by atoms with van der Waals surface area (Å²) < 4.78 is 58.1. The van der Waals surface area contributed by atoms with Gasteiger partial charge >= 0.3 is 6.18 Å². The number of ether oxygens (including phenoxy) is 1. The number of carbonyl (C=O) groups is 1. The Morgan fingerprint density at radius 2 is 1.67 bits per heavy atom. The molecule has 0 bridgehead atoms. The molecule has 0 spiro atoms. The summed E-state index contributed by atoms with van der Waals surface area (Å²) in [5.74, 6) is -0.816. The van der Waals surface area contributed by atoms with E-state index < -0.39 is 23.5 Å². The zero-order chi connectivity index (χ0) is 27.7. The number of hydrogen-bond donors (Lipinski definition) is 2. The second-order valence-electron chi connectivity index (χ2n) is 8.47. The number of pyridine rings is 3. The number of benzene rings is 2. The molecule has 0 aliphatic rings. The minimum Gasteiger partial charge on any atom is -0.506 e. The zero-order valence-electron chi connectivity index (χ0n) is 20.1. The van der Waals surface area contributed by atoms with E-state index in [-0.39, 0.29) is 28.1 Å². The van der Waals surface area contributed by atoms with Crippen LogP contribution in [0, 0.1) is 12.7 Å². The van der Waals surface area contributed by atoms with Crippen molar-refractivity contribution in [2.45, 2.75) is 13.1 Å². The lowest BCUT2D eigenvalue weighted by Crippen LogP contribution is -2.13. The van der Waals surface area contributed by atoms with E-state index in [0.29, 0.717) is 34.5 Å². The van der Waals surface area contributed by atoms with Crippen molar-refractivity contribution in [3.05, 3.63) is 102 Å². The minimum absolute atomic E-state index is 0.0257. The molecule has 2 aromatic carbocycles. The lowest BCUT2D eigenvalue weighted by atomic mass is 10.0. The Balaban J connectivity index is 1.34. The molecule has 3 aromatic heterocycles. The van der Waals surface area contributed by atoms with Gasteiger partial charge in [0.25, 0.3) is 5.91 Å². The Kier molecular flexibility index (Phi) is 6.57. The molecule has 0 radical (unpaired) electrons. The normalized spacial score (nSPS) is 11.4. The molecular weight excluding hydrogens is 516 g/mol. The summed E-state index contributed by atoms with van der Waals surface area (Å²) in [7, 11) is 0. The SMILES string of the molecule is Cc1ncc(C(=O)Nc2ccc(Oc3ccnc4cc(C(F)(F)F)cnc34)cc2)c(O)c1-c1ccc(F)cc1. The first-order valence-corrected chi connectivity index (χ1v) is 11.5. The molecule has 11 heteroatoms. The van der Waals surface area contributed by atoms with Crippen molar-refractivity contribution in [2.75, 3.05) is 5.32 Å². The molecule has 0 fully saturated rings. The fourth-order valence-electron chi connectivity index (χ4n) is 3.90. The number of carbonyl (C=O) groups excluding carboxylic acids is 1. The summed E-state index contributed by atoms with van der Waals surface area (Å²) in [5, 5.41) is 13.5. The van der Waals surface area contributed by atoms with Crippen LogP contribution in [-0.2, 0) is 6.18 Å². The van der Waals surface area contributed by atoms with Gasteiger partial charge in [0.2, 0.25) is 0 Å². The van der Waals surface area contributed by atoms with Gasteiger partial charge in [-0.3, -0.25) is 19.7 Å². The Labute approximate surface area is 218 Å². The summed E-state index contributed by atoms with van der Waals surface area (Å²) in [5.41, 5.74) is 0.843. The van der Waals surface area contributed by atoms with Crippen molar-refractivity contribution >= 4 is 22.6 Å². The number of hydrogen-bond acceptors (Lipinski definition) is 6. The van der Waals surface area contributed by atoms with Crippen molar-refractivity contribution in [2.24, 2.45) is 0 Å². The van der Waals surface area contributed by atoms with Gasteiger partial charge in [0.1, 0.15) is 28.4 Å². The maximum Gasteiger partial charge on any atom is 0.417 e. The molecule has 2 N–H and O–H groups in total. The van der Waals surface area contributed by atoms with Gasteiger partial charge in [-0.2, -0.15) is 13.2 Å². The van der Waals surface area contributed by atoms with Gasteiger partial charge in [-0.1, -0.05) is 12.1 Å². The van der Waals surface area contributed by atoms with Crippen LogP contribution in [0.15, 0.2) is 79.3 Å². The second-order valence-corrected chi connectivity index (χ2v) is 8.47. The number of halogens is 4. The molecule has 0 atom stereocenters. The first kappa shape index (κ1) is 25.6. The van der Waals surface area contributed by atoms with Crippen LogP contribution in [0.1, 0.15) is 21.6 Å². The van der Waals surface area contributed by atoms with Crippen molar-refractivity contribution in [3.63, 3.8) is 0 Å². The third kappa shape index (κ3) is 5.33. The van der Waals surface area contributed by atoms with E-state index in [2.05, 4.69) is 20.3 Å². The molecular formula is C28H18F4N4O3. The number of anilines is 1. The van der Waals surface area contributed by atoms with E-state index in [4.69, 9.17) is 4.74 Å². The van der Waals surface area contributed by atoms with Crippen molar-refractivity contribution in [1.82, 2.24) is 15.0 Å². The molecule has 0 saturated carbocycles. The number of amides is 1. The quantitative estimate of drug-likeness (QED) is 0.238. The number of nitrogens with one attached hydrogen (secondary N) is 1. The van der Waals surface area contributed by atoms with E-state index in [1.807, 2.05) is 0 Å². The van der Waals surface area contributed by atoms with Crippen LogP contribution in [0.3, 0.4) is 0 Å². The third-order valence-electron chi connectivity index (χ3n) is 5.83. The Morgan fingerprint density at radius 1 is 0.949 bits per heavy atom. The van der Waals surface area contributed by atoms with Crippen LogP contribution in [0.5, 0.6) is 17.2 Å². The van der Waals surface area contributed by atoms with Crippen molar-refractivity contribution in [1.29, 1.82) is 0 Å². The minimum atomic E-state index is -4.55. The van der Waals surface area contributed by atoms with Crippen LogP contribution < -0.4 is 10.1 Å². The van der Waals surface area contributed by atoms with Crippen LogP contribution in [0.4, 0.5) is 23.2 Å². The van der Waals surface area contributed by atoms with Gasteiger partial charge in [0.15, 0.2) is 5.75 Å². The number of aromatic nitrogens is 3. The van der Waals surface area contributed by atoms with Crippen LogP contribution in [0.2, 0.25) is 0 Å². The monoisotopic (exact) mass is 534 g/mol. The van der Waals surface area contributed by atoms with E-state index >= 15 is 0 Å². The predicted octanol–water partition coefficient (Wildman–Crippen LogP) is 6.91. The maximum absolute atomic E-state index is 13.3. The lowest BCUT2D eigenvalue weighted by molar-refractivity contribution is -0.137. The average molecular weight is 534 g/mol. The van der Waals surface area contributed by atoms with Crippen molar-refractivity contribution in [3.8, 4) is 28.4 Å². The number of fused-ring (bicyclic) bond motifs is 1. The first-order chi connectivity index (χ1) is 18.6. The molecule has 5 rings (SSSR count). The summed E-state index contributed by atoms with van der Waals surface area (Å²) in [4.78, 5) is 24.9. The number of alkyl halides is 3. The average Bonchev–Trinajstić information content (AvgIpc) is 2.90. The Morgan fingerprint density at radius 3 is 2.36 bits per heavy atom. The summed E-state index contributed by atoms with van der Waals surface area (Å²) >= 11 is 0. The molecule has 39 heavy (non-hydrogen) atoms. The topological polar surface area (TPSA) is 97.2 Å². The van der Waals surface area contributed by atoms with E-state index in [1.54, 1.807) is 31.2 Å². The molecule has 0 aliphatic carbocycles. The maximum atomic E-state index is 13.3. The second kappa shape index (κ2) is 10.0. The van der Waals surface area contributed by atoms with Gasteiger partial charge in [-0.05, 0) is 55.0 Å². The largest absolute Gasteiger partial charge is 0.506 e. The summed E-state index contributed by atoms with van der Waals surface area (Å²) in [6, 6.07) is 14.0. The zero-order valence-corrected chi connectivity index (χ0v) is 20.1. The molecule has 0 saturated heterocycles. The Bertz CT molecular complexity index is 1690. The molecule has 196 valence electrons. The highest BCUT2D eigenvalue weighted by molar-refractivity contribution is 6.07. The van der Waals surface area contributed by atoms with Gasteiger partial charge in [0, 0.05) is 41.6 Å². The van der Waals surface area contributed by atoms with Gasteiger partial charge in [0.05, 0.1) is 11.1 Å². The molecule has 7 nitrogen and oxygen atoms in total. The molecule has 0 aliphatic heterocycles.